The lowest BCUT2D eigenvalue weighted by atomic mass is 9.87. The maximum Gasteiger partial charge on any atom is 0.446 e. The summed E-state index contributed by atoms with van der Waals surface area (Å²) >= 11 is -0.369. The van der Waals surface area contributed by atoms with E-state index in [4.69, 9.17) is 11.5 Å². The molecule has 1 spiro atoms. The fourth-order valence-corrected chi connectivity index (χ4v) is 3.90. The molecule has 0 unspecified atom stereocenters. The molecule has 2 aliphatic rings. The van der Waals surface area contributed by atoms with E-state index in [9.17, 15) is 17.6 Å². The number of hydrogen-bond donors (Lipinski definition) is 2. The van der Waals surface area contributed by atoms with Gasteiger partial charge in [0.15, 0.2) is 0 Å². The average molecular weight is 375 g/mol. The molecule has 25 heavy (non-hydrogen) atoms. The van der Waals surface area contributed by atoms with Crippen LogP contribution in [-0.2, 0) is 0 Å². The third kappa shape index (κ3) is 3.68. The van der Waals surface area contributed by atoms with Crippen LogP contribution in [0.15, 0.2) is 33.1 Å². The highest BCUT2D eigenvalue weighted by molar-refractivity contribution is 8.00. The molecule has 5 nitrogen and oxygen atoms in total. The van der Waals surface area contributed by atoms with Crippen molar-refractivity contribution in [1.82, 2.24) is 0 Å². The van der Waals surface area contributed by atoms with Gasteiger partial charge in [0, 0.05) is 4.90 Å². The van der Waals surface area contributed by atoms with Crippen LogP contribution in [0.4, 0.5) is 23.2 Å². The normalized spacial score (nSPS) is 20.4. The van der Waals surface area contributed by atoms with Gasteiger partial charge in [-0.3, -0.25) is 4.90 Å². The molecule has 4 N–H and O–H groups in total. The van der Waals surface area contributed by atoms with Crippen molar-refractivity contribution in [3.8, 4) is 0 Å². The van der Waals surface area contributed by atoms with Crippen LogP contribution in [0.5, 0.6) is 0 Å². The number of hydrogen-bond acceptors (Lipinski definition) is 6. The van der Waals surface area contributed by atoms with Crippen LogP contribution in [-0.4, -0.2) is 23.1 Å². The lowest BCUT2D eigenvalue weighted by Gasteiger charge is -2.45. The monoisotopic (exact) mass is 375 g/mol. The van der Waals surface area contributed by atoms with Gasteiger partial charge in [-0.2, -0.15) is 18.2 Å². The molecule has 0 radical (unpaired) electrons. The number of anilines is 1. The topological polar surface area (TPSA) is 80.0 Å². The van der Waals surface area contributed by atoms with Gasteiger partial charge in [-0.15, -0.1) is 0 Å². The van der Waals surface area contributed by atoms with Crippen molar-refractivity contribution in [2.75, 3.05) is 4.90 Å². The molecule has 1 aromatic rings. The first kappa shape index (κ1) is 17.8. The quantitative estimate of drug-likeness (QED) is 0.612. The molecule has 1 saturated carbocycles. The Bertz CT molecular complexity index is 725. The van der Waals surface area contributed by atoms with E-state index in [1.165, 1.54) is 17.0 Å². The van der Waals surface area contributed by atoms with Crippen LogP contribution < -0.4 is 16.4 Å². The van der Waals surface area contributed by atoms with Gasteiger partial charge in [0.05, 0.1) is 5.69 Å². The fourth-order valence-electron chi connectivity index (χ4n) is 3.34. The van der Waals surface area contributed by atoms with Gasteiger partial charge in [-0.25, -0.2) is 9.38 Å². The number of halogens is 4. The first-order valence-corrected chi connectivity index (χ1v) is 8.57. The van der Waals surface area contributed by atoms with E-state index < -0.39 is 17.0 Å². The van der Waals surface area contributed by atoms with Crippen molar-refractivity contribution in [1.29, 1.82) is 0 Å². The smallest absolute Gasteiger partial charge is 0.369 e. The zero-order chi connectivity index (χ0) is 18.2. The van der Waals surface area contributed by atoms with Crippen LogP contribution in [0, 0.1) is 5.82 Å². The SMILES string of the molecule is NC1=NC2(CCCCC2)N(c2ccc(SC(F)(F)F)cc2F)C(N)=N1. The van der Waals surface area contributed by atoms with E-state index >= 15 is 0 Å². The molecule has 1 aliphatic heterocycles. The highest BCUT2D eigenvalue weighted by Gasteiger charge is 2.43. The zero-order valence-corrected chi connectivity index (χ0v) is 14.0. The summed E-state index contributed by atoms with van der Waals surface area (Å²) in [5.41, 5.74) is 6.44. The van der Waals surface area contributed by atoms with E-state index in [1.807, 2.05) is 0 Å². The van der Waals surface area contributed by atoms with Gasteiger partial charge in [-0.05, 0) is 55.6 Å². The number of nitrogens with zero attached hydrogens (tertiary/aromatic N) is 3. The van der Waals surface area contributed by atoms with Crippen molar-refractivity contribution < 1.29 is 17.6 Å². The minimum absolute atomic E-state index is 0.00970. The average Bonchev–Trinajstić information content (AvgIpc) is 2.48. The van der Waals surface area contributed by atoms with Gasteiger partial charge in [-0.1, -0.05) is 6.42 Å². The van der Waals surface area contributed by atoms with Crippen molar-refractivity contribution in [3.05, 3.63) is 24.0 Å². The summed E-state index contributed by atoms with van der Waals surface area (Å²) in [6.45, 7) is 0. The first-order valence-electron chi connectivity index (χ1n) is 7.75. The van der Waals surface area contributed by atoms with Crippen molar-refractivity contribution in [2.24, 2.45) is 21.5 Å². The Morgan fingerprint density at radius 1 is 1.12 bits per heavy atom. The minimum Gasteiger partial charge on any atom is -0.369 e. The van der Waals surface area contributed by atoms with Gasteiger partial charge < -0.3 is 11.5 Å². The molecule has 136 valence electrons. The van der Waals surface area contributed by atoms with Crippen molar-refractivity contribution in [2.45, 2.75) is 48.2 Å². The Kier molecular flexibility index (Phi) is 4.56. The molecule has 0 atom stereocenters. The summed E-state index contributed by atoms with van der Waals surface area (Å²) in [7, 11) is 0. The summed E-state index contributed by atoms with van der Waals surface area (Å²) in [6, 6.07) is 3.33. The minimum atomic E-state index is -4.48. The van der Waals surface area contributed by atoms with Gasteiger partial charge in [0.25, 0.3) is 0 Å². The highest BCUT2D eigenvalue weighted by Crippen LogP contribution is 2.42. The third-order valence-electron chi connectivity index (χ3n) is 4.25. The van der Waals surface area contributed by atoms with E-state index in [0.29, 0.717) is 12.8 Å². The van der Waals surface area contributed by atoms with E-state index in [-0.39, 0.29) is 34.3 Å². The second-order valence-electron chi connectivity index (χ2n) is 5.98. The highest BCUT2D eigenvalue weighted by atomic mass is 32.2. The molecule has 0 bridgehead atoms. The number of aliphatic imine (C=N–C) groups is 2. The number of benzene rings is 1. The number of rotatable bonds is 2. The summed E-state index contributed by atoms with van der Waals surface area (Å²) in [5.74, 6) is -0.794. The first-order chi connectivity index (χ1) is 11.7. The Morgan fingerprint density at radius 3 is 2.40 bits per heavy atom. The molecule has 1 fully saturated rings. The van der Waals surface area contributed by atoms with Crippen molar-refractivity contribution in [3.63, 3.8) is 0 Å². The molecule has 3 rings (SSSR count). The molecule has 0 aromatic heterocycles. The maximum absolute atomic E-state index is 14.6. The summed E-state index contributed by atoms with van der Waals surface area (Å²) < 4.78 is 52.0. The van der Waals surface area contributed by atoms with Gasteiger partial charge in [0.2, 0.25) is 11.9 Å². The molecule has 0 saturated heterocycles. The van der Waals surface area contributed by atoms with Gasteiger partial charge >= 0.3 is 5.51 Å². The Balaban J connectivity index is 2.00. The third-order valence-corrected chi connectivity index (χ3v) is 4.97. The molecule has 1 aromatic carbocycles. The van der Waals surface area contributed by atoms with Gasteiger partial charge in [0.1, 0.15) is 11.5 Å². The summed E-state index contributed by atoms with van der Waals surface area (Å²) in [6.07, 6.45) is 3.98. The Labute approximate surface area is 146 Å². The molecule has 10 heteroatoms. The number of alkyl halides is 3. The number of guanidine groups is 2. The number of thioether (sulfide) groups is 1. The molecule has 1 aliphatic carbocycles. The van der Waals surface area contributed by atoms with Crippen LogP contribution in [0.2, 0.25) is 0 Å². The van der Waals surface area contributed by atoms with Crippen LogP contribution in [0.1, 0.15) is 32.1 Å². The molecular weight excluding hydrogens is 358 g/mol. The fraction of sp³-hybridized carbons (Fsp3) is 0.467. The lowest BCUT2D eigenvalue weighted by molar-refractivity contribution is -0.0328. The summed E-state index contributed by atoms with van der Waals surface area (Å²) in [4.78, 5) is 9.54. The largest absolute Gasteiger partial charge is 0.446 e. The zero-order valence-electron chi connectivity index (χ0n) is 13.2. The van der Waals surface area contributed by atoms with Crippen molar-refractivity contribution >= 4 is 29.4 Å². The predicted octanol–water partition coefficient (Wildman–Crippen LogP) is 3.55. The second-order valence-corrected chi connectivity index (χ2v) is 7.12. The van der Waals surface area contributed by atoms with E-state index in [1.54, 1.807) is 0 Å². The molecule has 1 heterocycles. The molecule has 0 amide bonds. The lowest BCUT2D eigenvalue weighted by Crippen LogP contribution is -2.58. The Morgan fingerprint density at radius 2 is 1.80 bits per heavy atom. The summed E-state index contributed by atoms with van der Waals surface area (Å²) in [5, 5.41) is 0. The van der Waals surface area contributed by atoms with E-state index in [0.717, 1.165) is 25.3 Å². The maximum atomic E-state index is 14.6. The van der Waals surface area contributed by atoms with Crippen LogP contribution >= 0.6 is 11.8 Å². The molecular formula is C15H17F4N5S. The van der Waals surface area contributed by atoms with Crippen LogP contribution in [0.3, 0.4) is 0 Å². The standard InChI is InChI=1S/C15H17F4N5S/c16-10-8-9(25-15(17,18)19)4-5-11(10)24-13(21)22-12(20)23-14(24)6-2-1-3-7-14/h4-5,8H,1-3,6-7H2,(H4,20,21,22,23). The van der Waals surface area contributed by atoms with E-state index in [2.05, 4.69) is 9.98 Å². The number of nitrogens with two attached hydrogens (primary N) is 2. The Hall–Kier alpha value is -1.97. The van der Waals surface area contributed by atoms with Crippen LogP contribution in [0.25, 0.3) is 0 Å². The second kappa shape index (κ2) is 6.40. The predicted molar refractivity (Wildman–Crippen MR) is 89.9 cm³/mol.